The Morgan fingerprint density at radius 1 is 1.30 bits per heavy atom. The van der Waals surface area contributed by atoms with Crippen LogP contribution in [0, 0.1) is 0 Å². The first kappa shape index (κ1) is 20.0. The van der Waals surface area contributed by atoms with E-state index in [-0.39, 0.29) is 24.0 Å². The molecular weight excluding hydrogens is 469 g/mol. The highest BCUT2D eigenvalue weighted by Gasteiger charge is 2.07. The highest BCUT2D eigenvalue weighted by molar-refractivity contribution is 14.0. The summed E-state index contributed by atoms with van der Waals surface area (Å²) in [7, 11) is 3.96. The van der Waals surface area contributed by atoms with Crippen molar-refractivity contribution in [3.05, 3.63) is 52.3 Å². The molecule has 0 spiro atoms. The zero-order valence-corrected chi connectivity index (χ0v) is 17.6. The van der Waals surface area contributed by atoms with Gasteiger partial charge in [-0.2, -0.15) is 5.10 Å². The van der Waals surface area contributed by atoms with Crippen molar-refractivity contribution < 1.29 is 0 Å². The average Bonchev–Trinajstić information content (AvgIpc) is 2.90. The molecule has 1 heterocycles. The lowest BCUT2D eigenvalue weighted by atomic mass is 10.2. The Balaban J connectivity index is 0.00000264. The number of nitrogens with zero attached hydrogens (tertiary/aromatic N) is 4. The van der Waals surface area contributed by atoms with Crippen molar-refractivity contribution >= 4 is 45.9 Å². The number of hydrogen-bond donors (Lipinski definition) is 1. The summed E-state index contributed by atoms with van der Waals surface area (Å²) in [5.41, 5.74) is 2.35. The molecule has 23 heavy (non-hydrogen) atoms. The number of halogens is 2. The van der Waals surface area contributed by atoms with Gasteiger partial charge in [-0.15, -0.1) is 24.0 Å². The van der Waals surface area contributed by atoms with Gasteiger partial charge in [-0.05, 0) is 24.6 Å². The predicted molar refractivity (Wildman–Crippen MR) is 109 cm³/mol. The van der Waals surface area contributed by atoms with Crippen LogP contribution in [0.5, 0.6) is 0 Å². The van der Waals surface area contributed by atoms with E-state index in [9.17, 15) is 0 Å². The topological polar surface area (TPSA) is 45.5 Å². The van der Waals surface area contributed by atoms with Gasteiger partial charge in [0.05, 0.1) is 12.7 Å². The van der Waals surface area contributed by atoms with E-state index in [1.165, 1.54) is 11.1 Å². The monoisotopic (exact) mass is 491 g/mol. The first-order valence-electron chi connectivity index (χ1n) is 7.30. The number of guanidine groups is 1. The molecule has 0 atom stereocenters. The lowest BCUT2D eigenvalue weighted by Gasteiger charge is -2.21. The molecule has 0 aliphatic carbocycles. The van der Waals surface area contributed by atoms with Gasteiger partial charge in [-0.25, -0.2) is 4.99 Å². The molecule has 0 saturated carbocycles. The molecule has 0 unspecified atom stereocenters. The van der Waals surface area contributed by atoms with Crippen LogP contribution in [0.1, 0.15) is 18.1 Å². The SMILES string of the molecule is CCNC(=NCc1ccc(Br)cc1)N(C)Cc1cnn(C)c1.I. The number of nitrogens with one attached hydrogen (secondary N) is 1. The summed E-state index contributed by atoms with van der Waals surface area (Å²) in [5.74, 6) is 0.897. The standard InChI is InChI=1S/C16H22BrN5.HI/c1-4-18-16(19-9-13-5-7-15(17)8-6-13)21(2)11-14-10-20-22(3)12-14;/h5-8,10,12H,4,9,11H2,1-3H3,(H,18,19);1H. The summed E-state index contributed by atoms with van der Waals surface area (Å²) in [4.78, 5) is 6.82. The minimum atomic E-state index is 0. The molecule has 1 aromatic heterocycles. The number of aromatic nitrogens is 2. The van der Waals surface area contributed by atoms with Gasteiger partial charge in [0.25, 0.3) is 0 Å². The van der Waals surface area contributed by atoms with Crippen LogP contribution in [-0.2, 0) is 20.1 Å². The number of benzene rings is 1. The zero-order valence-electron chi connectivity index (χ0n) is 13.7. The Morgan fingerprint density at radius 3 is 2.57 bits per heavy atom. The Bertz CT molecular complexity index is 624. The van der Waals surface area contributed by atoms with E-state index in [0.717, 1.165) is 23.5 Å². The molecule has 2 rings (SSSR count). The maximum atomic E-state index is 4.71. The Kier molecular flexibility index (Phi) is 8.60. The van der Waals surface area contributed by atoms with Crippen molar-refractivity contribution in [2.75, 3.05) is 13.6 Å². The summed E-state index contributed by atoms with van der Waals surface area (Å²) in [6.45, 7) is 4.36. The van der Waals surface area contributed by atoms with Crippen LogP contribution < -0.4 is 5.32 Å². The lowest BCUT2D eigenvalue weighted by Crippen LogP contribution is -2.38. The van der Waals surface area contributed by atoms with Crippen LogP contribution in [0.4, 0.5) is 0 Å². The number of aliphatic imine (C=N–C) groups is 1. The predicted octanol–water partition coefficient (Wildman–Crippen LogP) is 3.40. The van der Waals surface area contributed by atoms with E-state index >= 15 is 0 Å². The second-order valence-corrected chi connectivity index (χ2v) is 6.09. The highest BCUT2D eigenvalue weighted by Crippen LogP contribution is 2.11. The van der Waals surface area contributed by atoms with E-state index in [0.29, 0.717) is 6.54 Å². The maximum absolute atomic E-state index is 4.71. The summed E-state index contributed by atoms with van der Waals surface area (Å²) in [6, 6.07) is 8.24. The average molecular weight is 492 g/mol. The van der Waals surface area contributed by atoms with Gasteiger partial charge in [0.1, 0.15) is 0 Å². The summed E-state index contributed by atoms with van der Waals surface area (Å²) >= 11 is 3.45. The third kappa shape index (κ3) is 6.50. The molecule has 0 saturated heterocycles. The van der Waals surface area contributed by atoms with E-state index in [1.807, 2.05) is 43.3 Å². The molecule has 5 nitrogen and oxygen atoms in total. The summed E-state index contributed by atoms with van der Waals surface area (Å²) in [5, 5.41) is 7.53. The minimum Gasteiger partial charge on any atom is -0.357 e. The number of aryl methyl sites for hydroxylation is 1. The quantitative estimate of drug-likeness (QED) is 0.396. The molecule has 0 radical (unpaired) electrons. The van der Waals surface area contributed by atoms with E-state index in [1.54, 1.807) is 0 Å². The first-order valence-corrected chi connectivity index (χ1v) is 8.09. The lowest BCUT2D eigenvalue weighted by molar-refractivity contribution is 0.476. The third-order valence-corrected chi connectivity index (χ3v) is 3.73. The Morgan fingerprint density at radius 2 is 2.00 bits per heavy atom. The van der Waals surface area contributed by atoms with Crippen molar-refractivity contribution in [3.63, 3.8) is 0 Å². The van der Waals surface area contributed by atoms with E-state index in [4.69, 9.17) is 4.99 Å². The molecule has 126 valence electrons. The van der Waals surface area contributed by atoms with Crippen LogP contribution in [0.2, 0.25) is 0 Å². The van der Waals surface area contributed by atoms with Gasteiger partial charge in [0, 0.05) is 43.4 Å². The fourth-order valence-electron chi connectivity index (χ4n) is 2.13. The minimum absolute atomic E-state index is 0. The van der Waals surface area contributed by atoms with Gasteiger partial charge < -0.3 is 10.2 Å². The van der Waals surface area contributed by atoms with Crippen LogP contribution in [0.15, 0.2) is 46.1 Å². The van der Waals surface area contributed by atoms with Crippen molar-refractivity contribution in [2.45, 2.75) is 20.0 Å². The summed E-state index contributed by atoms with van der Waals surface area (Å²) < 4.78 is 2.90. The van der Waals surface area contributed by atoms with Crippen molar-refractivity contribution in [1.82, 2.24) is 20.0 Å². The molecule has 0 aliphatic rings. The smallest absolute Gasteiger partial charge is 0.194 e. The molecule has 0 fully saturated rings. The van der Waals surface area contributed by atoms with Crippen LogP contribution in [-0.4, -0.2) is 34.2 Å². The zero-order chi connectivity index (χ0) is 15.9. The molecular formula is C16H23BrIN5. The normalized spacial score (nSPS) is 11.0. The maximum Gasteiger partial charge on any atom is 0.194 e. The van der Waals surface area contributed by atoms with Gasteiger partial charge in [-0.3, -0.25) is 4.68 Å². The fourth-order valence-corrected chi connectivity index (χ4v) is 2.39. The molecule has 7 heteroatoms. The van der Waals surface area contributed by atoms with Gasteiger partial charge in [0.2, 0.25) is 0 Å². The van der Waals surface area contributed by atoms with Crippen LogP contribution >= 0.6 is 39.9 Å². The largest absolute Gasteiger partial charge is 0.357 e. The molecule has 1 N–H and O–H groups in total. The van der Waals surface area contributed by atoms with Gasteiger partial charge >= 0.3 is 0 Å². The first-order chi connectivity index (χ1) is 10.6. The summed E-state index contributed by atoms with van der Waals surface area (Å²) in [6.07, 6.45) is 3.91. The molecule has 2 aromatic rings. The second kappa shape index (κ2) is 9.92. The number of rotatable bonds is 5. The van der Waals surface area contributed by atoms with Crippen LogP contribution in [0.25, 0.3) is 0 Å². The van der Waals surface area contributed by atoms with E-state index in [2.05, 4.69) is 50.3 Å². The Labute approximate surface area is 163 Å². The Hall–Kier alpha value is -1.09. The molecule has 0 bridgehead atoms. The second-order valence-electron chi connectivity index (χ2n) is 5.17. The number of hydrogen-bond acceptors (Lipinski definition) is 2. The molecule has 0 aliphatic heterocycles. The van der Waals surface area contributed by atoms with E-state index < -0.39 is 0 Å². The van der Waals surface area contributed by atoms with Crippen molar-refractivity contribution in [2.24, 2.45) is 12.0 Å². The van der Waals surface area contributed by atoms with Crippen molar-refractivity contribution in [1.29, 1.82) is 0 Å². The molecule has 0 amide bonds. The van der Waals surface area contributed by atoms with Crippen molar-refractivity contribution in [3.8, 4) is 0 Å². The molecule has 1 aromatic carbocycles. The fraction of sp³-hybridized carbons (Fsp3) is 0.375. The third-order valence-electron chi connectivity index (χ3n) is 3.20. The van der Waals surface area contributed by atoms with Gasteiger partial charge in [0.15, 0.2) is 5.96 Å². The highest BCUT2D eigenvalue weighted by atomic mass is 127. The van der Waals surface area contributed by atoms with Crippen LogP contribution in [0.3, 0.4) is 0 Å². The van der Waals surface area contributed by atoms with Gasteiger partial charge in [-0.1, -0.05) is 28.1 Å².